The number of carbonyl (C=O) groups excluding carboxylic acids is 2. The molecular formula is C26H33N7O2. The van der Waals surface area contributed by atoms with E-state index in [4.69, 9.17) is 0 Å². The third-order valence-electron chi connectivity index (χ3n) is 7.18. The number of rotatable bonds is 10. The number of aromatic nitrogens is 5. The van der Waals surface area contributed by atoms with Gasteiger partial charge in [-0.1, -0.05) is 6.92 Å². The van der Waals surface area contributed by atoms with Crippen molar-refractivity contribution in [2.45, 2.75) is 65.5 Å². The highest BCUT2D eigenvalue weighted by atomic mass is 16.2. The van der Waals surface area contributed by atoms with Crippen LogP contribution in [0.25, 0.3) is 11.3 Å². The Morgan fingerprint density at radius 2 is 1.89 bits per heavy atom. The summed E-state index contributed by atoms with van der Waals surface area (Å²) in [5.41, 5.74) is 4.85. The summed E-state index contributed by atoms with van der Waals surface area (Å²) in [6, 6.07) is 4.87. The molecule has 2 aliphatic carbocycles. The lowest BCUT2D eigenvalue weighted by Gasteiger charge is -2.27. The Bertz CT molecular complexity index is 1190. The van der Waals surface area contributed by atoms with Gasteiger partial charge in [-0.3, -0.25) is 24.4 Å². The van der Waals surface area contributed by atoms with E-state index in [-0.39, 0.29) is 17.7 Å². The summed E-state index contributed by atoms with van der Waals surface area (Å²) in [5, 5.41) is 17.7. The highest BCUT2D eigenvalue weighted by Crippen LogP contribution is 2.51. The lowest BCUT2D eigenvalue weighted by Crippen LogP contribution is -2.50. The largest absolute Gasteiger partial charge is 0.339 e. The quantitative estimate of drug-likeness (QED) is 0.413. The minimum absolute atomic E-state index is 0.157. The molecule has 5 rings (SSSR count). The first-order valence-corrected chi connectivity index (χ1v) is 12.6. The number of anilines is 1. The lowest BCUT2D eigenvalue weighted by molar-refractivity contribution is -0.119. The summed E-state index contributed by atoms with van der Waals surface area (Å²) in [4.78, 5) is 31.3. The summed E-state index contributed by atoms with van der Waals surface area (Å²) >= 11 is 0. The molecular weight excluding hydrogens is 442 g/mol. The van der Waals surface area contributed by atoms with Gasteiger partial charge in [0.2, 0.25) is 5.91 Å². The summed E-state index contributed by atoms with van der Waals surface area (Å²) in [7, 11) is 0. The molecule has 2 fully saturated rings. The molecule has 0 aliphatic heterocycles. The van der Waals surface area contributed by atoms with Crippen LogP contribution in [0.2, 0.25) is 0 Å². The van der Waals surface area contributed by atoms with Crippen molar-refractivity contribution >= 4 is 17.5 Å². The van der Waals surface area contributed by atoms with Gasteiger partial charge in [0.25, 0.3) is 5.91 Å². The first-order valence-electron chi connectivity index (χ1n) is 12.6. The zero-order valence-corrected chi connectivity index (χ0v) is 20.5. The fraction of sp³-hybridized carbons (Fsp3) is 0.500. The molecule has 0 aromatic carbocycles. The van der Waals surface area contributed by atoms with Crippen LogP contribution in [0.1, 0.15) is 61.4 Å². The molecule has 9 nitrogen and oxygen atoms in total. The SMILES string of the molecule is CCc1n[nH]c(C)c1-c1ccc(NC(=O)C(NC(=O)c2ccnn2CC)C(C2CC2)C2CC2)cn1. The van der Waals surface area contributed by atoms with Crippen LogP contribution in [-0.4, -0.2) is 42.8 Å². The number of H-pyrrole nitrogens is 1. The highest BCUT2D eigenvalue weighted by Gasteiger charge is 2.48. The molecule has 184 valence electrons. The van der Waals surface area contributed by atoms with Crippen LogP contribution >= 0.6 is 0 Å². The van der Waals surface area contributed by atoms with Gasteiger partial charge in [-0.05, 0) is 81.9 Å². The van der Waals surface area contributed by atoms with Crippen molar-refractivity contribution in [1.82, 2.24) is 30.3 Å². The Morgan fingerprint density at radius 3 is 2.49 bits per heavy atom. The monoisotopic (exact) mass is 475 g/mol. The van der Waals surface area contributed by atoms with E-state index in [0.717, 1.165) is 54.7 Å². The van der Waals surface area contributed by atoms with Crippen molar-refractivity contribution < 1.29 is 9.59 Å². The van der Waals surface area contributed by atoms with Gasteiger partial charge in [0.1, 0.15) is 11.7 Å². The molecule has 3 heterocycles. The van der Waals surface area contributed by atoms with Gasteiger partial charge in [0.15, 0.2) is 0 Å². The second-order valence-corrected chi connectivity index (χ2v) is 9.68. The van der Waals surface area contributed by atoms with Gasteiger partial charge in [0, 0.05) is 24.0 Å². The van der Waals surface area contributed by atoms with Crippen LogP contribution in [0.4, 0.5) is 5.69 Å². The Balaban J connectivity index is 1.35. The molecule has 2 amide bonds. The topological polar surface area (TPSA) is 118 Å². The number of nitrogens with one attached hydrogen (secondary N) is 3. The predicted molar refractivity (Wildman–Crippen MR) is 133 cm³/mol. The summed E-state index contributed by atoms with van der Waals surface area (Å²) in [6.07, 6.45) is 8.57. The smallest absolute Gasteiger partial charge is 0.270 e. The van der Waals surface area contributed by atoms with Crippen molar-refractivity contribution in [2.75, 3.05) is 5.32 Å². The average molecular weight is 476 g/mol. The summed E-state index contributed by atoms with van der Waals surface area (Å²) < 4.78 is 1.65. The molecule has 0 spiro atoms. The van der Waals surface area contributed by atoms with Gasteiger partial charge >= 0.3 is 0 Å². The zero-order chi connectivity index (χ0) is 24.5. The van der Waals surface area contributed by atoms with Crippen LogP contribution < -0.4 is 10.6 Å². The van der Waals surface area contributed by atoms with Gasteiger partial charge in [-0.2, -0.15) is 10.2 Å². The minimum atomic E-state index is -0.592. The van der Waals surface area contributed by atoms with Crippen LogP contribution in [0.15, 0.2) is 30.6 Å². The number of hydrogen-bond acceptors (Lipinski definition) is 5. The zero-order valence-electron chi connectivity index (χ0n) is 20.5. The van der Waals surface area contributed by atoms with E-state index in [2.05, 4.69) is 37.8 Å². The van der Waals surface area contributed by atoms with E-state index in [9.17, 15) is 9.59 Å². The predicted octanol–water partition coefficient (Wildman–Crippen LogP) is 3.73. The molecule has 2 saturated carbocycles. The second-order valence-electron chi connectivity index (χ2n) is 9.68. The van der Waals surface area contributed by atoms with Gasteiger partial charge in [0.05, 0.1) is 23.3 Å². The number of amides is 2. The van der Waals surface area contributed by atoms with E-state index in [1.165, 1.54) is 0 Å². The van der Waals surface area contributed by atoms with Crippen molar-refractivity contribution in [2.24, 2.45) is 17.8 Å². The summed E-state index contributed by atoms with van der Waals surface area (Å²) in [5.74, 6) is 0.697. The van der Waals surface area contributed by atoms with E-state index in [1.54, 1.807) is 23.1 Å². The molecule has 1 atom stereocenters. The third kappa shape index (κ3) is 4.85. The van der Waals surface area contributed by atoms with Crippen LogP contribution in [0, 0.1) is 24.7 Å². The van der Waals surface area contributed by atoms with E-state index < -0.39 is 6.04 Å². The molecule has 3 aromatic heterocycles. The fourth-order valence-corrected chi connectivity index (χ4v) is 5.13. The van der Waals surface area contributed by atoms with Gasteiger partial charge in [-0.25, -0.2) is 0 Å². The van der Waals surface area contributed by atoms with Crippen LogP contribution in [-0.2, 0) is 17.8 Å². The first-order chi connectivity index (χ1) is 17.0. The molecule has 0 saturated heterocycles. The standard InChI is InChI=1S/C26H33N7O2/c1-4-19-22(15(3)31-32-19)20-11-10-18(14-27-20)29-26(35)24(23(16-6-7-16)17-8-9-17)30-25(34)21-12-13-28-33(21)5-2/h10-14,16-17,23-24H,4-9H2,1-3H3,(H,29,35)(H,30,34)(H,31,32). The molecule has 1 unspecified atom stereocenters. The maximum absolute atomic E-state index is 13.6. The van der Waals surface area contributed by atoms with E-state index in [0.29, 0.717) is 29.8 Å². The number of aromatic amines is 1. The maximum Gasteiger partial charge on any atom is 0.270 e. The number of pyridine rings is 1. The normalized spacial score (nSPS) is 16.3. The maximum atomic E-state index is 13.6. The first kappa shape index (κ1) is 23.3. The highest BCUT2D eigenvalue weighted by molar-refractivity contribution is 6.00. The number of aryl methyl sites for hydroxylation is 3. The number of nitrogens with zero attached hydrogens (tertiary/aromatic N) is 4. The number of carbonyl (C=O) groups is 2. The van der Waals surface area contributed by atoms with Gasteiger partial charge < -0.3 is 10.6 Å². The Kier molecular flexibility index (Phi) is 6.40. The third-order valence-corrected chi connectivity index (χ3v) is 7.18. The van der Waals surface area contributed by atoms with Crippen molar-refractivity contribution in [3.05, 3.63) is 47.7 Å². The Morgan fingerprint density at radius 1 is 1.14 bits per heavy atom. The summed E-state index contributed by atoms with van der Waals surface area (Å²) in [6.45, 7) is 6.57. The van der Waals surface area contributed by atoms with Crippen molar-refractivity contribution in [1.29, 1.82) is 0 Å². The molecule has 9 heteroatoms. The Hall–Kier alpha value is -3.49. The average Bonchev–Trinajstić information content (AvgIpc) is 3.79. The molecule has 35 heavy (non-hydrogen) atoms. The van der Waals surface area contributed by atoms with E-state index >= 15 is 0 Å². The molecule has 0 bridgehead atoms. The molecule has 3 aromatic rings. The van der Waals surface area contributed by atoms with Crippen molar-refractivity contribution in [3.63, 3.8) is 0 Å². The fourth-order valence-electron chi connectivity index (χ4n) is 5.13. The van der Waals surface area contributed by atoms with Crippen LogP contribution in [0.3, 0.4) is 0 Å². The van der Waals surface area contributed by atoms with Crippen molar-refractivity contribution in [3.8, 4) is 11.3 Å². The van der Waals surface area contributed by atoms with Crippen LogP contribution in [0.5, 0.6) is 0 Å². The molecule has 3 N–H and O–H groups in total. The Labute approximate surface area is 205 Å². The lowest BCUT2D eigenvalue weighted by atomic mass is 9.88. The number of hydrogen-bond donors (Lipinski definition) is 3. The minimum Gasteiger partial charge on any atom is -0.339 e. The second kappa shape index (κ2) is 9.64. The molecule has 2 aliphatic rings. The van der Waals surface area contributed by atoms with E-state index in [1.807, 2.05) is 26.0 Å². The molecule has 0 radical (unpaired) electrons. The van der Waals surface area contributed by atoms with Gasteiger partial charge in [-0.15, -0.1) is 0 Å².